The lowest BCUT2D eigenvalue weighted by molar-refractivity contribution is -0.113. The number of aromatic nitrogens is 6. The first-order chi connectivity index (χ1) is 13.9. The topological polar surface area (TPSA) is 118 Å². The maximum absolute atomic E-state index is 12.4. The Hall–Kier alpha value is -3.05. The van der Waals surface area contributed by atoms with Crippen LogP contribution in [0.2, 0.25) is 0 Å². The highest BCUT2D eigenvalue weighted by molar-refractivity contribution is 7.99. The normalized spacial score (nSPS) is 11.1. The van der Waals surface area contributed by atoms with Crippen molar-refractivity contribution >= 4 is 45.2 Å². The summed E-state index contributed by atoms with van der Waals surface area (Å²) < 4.78 is 1.63. The molecule has 0 fully saturated rings. The summed E-state index contributed by atoms with van der Waals surface area (Å²) in [7, 11) is 0. The Balaban J connectivity index is 1.58. The summed E-state index contributed by atoms with van der Waals surface area (Å²) in [6, 6.07) is 5.93. The highest BCUT2D eigenvalue weighted by Crippen LogP contribution is 2.20. The number of aromatic amines is 1. The van der Waals surface area contributed by atoms with Crippen molar-refractivity contribution in [1.82, 2.24) is 29.9 Å². The number of hydrogen-bond donors (Lipinski definition) is 2. The number of nitrogens with zero attached hydrogens (tertiary/aromatic N) is 5. The zero-order valence-electron chi connectivity index (χ0n) is 15.9. The van der Waals surface area contributed by atoms with Crippen LogP contribution in [0, 0.1) is 20.8 Å². The van der Waals surface area contributed by atoms with E-state index in [0.717, 1.165) is 28.0 Å². The molecule has 0 atom stereocenters. The molecule has 0 aliphatic carbocycles. The fraction of sp³-hybridized carbons (Fsp3) is 0.222. The number of thioether (sulfide) groups is 1. The number of fused-ring (bicyclic) bond motifs is 1. The summed E-state index contributed by atoms with van der Waals surface area (Å²) >= 11 is 2.43. The minimum absolute atomic E-state index is 0.0743. The van der Waals surface area contributed by atoms with Crippen molar-refractivity contribution in [2.75, 3.05) is 11.1 Å². The number of aryl methyl sites for hydroxylation is 3. The second-order valence-electron chi connectivity index (χ2n) is 6.40. The van der Waals surface area contributed by atoms with Gasteiger partial charge in [-0.3, -0.25) is 14.9 Å². The molecule has 1 amide bonds. The molecule has 11 heteroatoms. The van der Waals surface area contributed by atoms with Gasteiger partial charge in [0.05, 0.1) is 17.6 Å². The maximum atomic E-state index is 12.4. The van der Waals surface area contributed by atoms with Crippen molar-refractivity contribution in [3.63, 3.8) is 0 Å². The molecule has 0 unspecified atom stereocenters. The van der Waals surface area contributed by atoms with Crippen LogP contribution in [0.1, 0.15) is 16.1 Å². The Bertz CT molecular complexity index is 1270. The molecule has 4 rings (SSSR count). The summed E-state index contributed by atoms with van der Waals surface area (Å²) in [4.78, 5) is 31.8. The van der Waals surface area contributed by atoms with E-state index in [0.29, 0.717) is 21.3 Å². The van der Waals surface area contributed by atoms with E-state index in [1.54, 1.807) is 4.68 Å². The van der Waals surface area contributed by atoms with E-state index >= 15 is 0 Å². The number of anilines is 1. The zero-order chi connectivity index (χ0) is 20.5. The minimum Gasteiger partial charge on any atom is -0.301 e. The molecule has 148 valence electrons. The molecule has 0 saturated carbocycles. The van der Waals surface area contributed by atoms with Crippen LogP contribution >= 0.6 is 23.1 Å². The van der Waals surface area contributed by atoms with Crippen LogP contribution in [0.3, 0.4) is 0 Å². The number of carbonyl (C=O) groups excluding carboxylic acids is 1. The molecule has 4 aromatic rings. The largest absolute Gasteiger partial charge is 0.301 e. The lowest BCUT2D eigenvalue weighted by atomic mass is 10.1. The molecule has 3 aromatic heterocycles. The molecule has 1 aromatic carbocycles. The summed E-state index contributed by atoms with van der Waals surface area (Å²) in [5, 5.41) is 16.7. The lowest BCUT2D eigenvalue weighted by Crippen LogP contribution is -2.15. The Kier molecular flexibility index (Phi) is 5.16. The maximum Gasteiger partial charge on any atom is 0.262 e. The molecule has 0 aliphatic heterocycles. The Morgan fingerprint density at radius 3 is 2.79 bits per heavy atom. The molecule has 0 spiro atoms. The van der Waals surface area contributed by atoms with Gasteiger partial charge in [0.25, 0.3) is 5.56 Å². The van der Waals surface area contributed by atoms with Gasteiger partial charge in [-0.2, -0.15) is 5.10 Å². The Morgan fingerprint density at radius 1 is 1.24 bits per heavy atom. The number of H-pyrrole nitrogens is 1. The third-order valence-electron chi connectivity index (χ3n) is 4.26. The first-order valence-electron chi connectivity index (χ1n) is 8.69. The van der Waals surface area contributed by atoms with Crippen LogP contribution in [0.4, 0.5) is 5.13 Å². The number of hydrogen-bond acceptors (Lipinski definition) is 8. The Morgan fingerprint density at radius 2 is 2.07 bits per heavy atom. The summed E-state index contributed by atoms with van der Waals surface area (Å²) in [6.45, 7) is 5.86. The monoisotopic (exact) mass is 427 g/mol. The first-order valence-corrected chi connectivity index (χ1v) is 10.5. The van der Waals surface area contributed by atoms with Gasteiger partial charge >= 0.3 is 0 Å². The number of carbonyl (C=O) groups is 1. The van der Waals surface area contributed by atoms with Crippen LogP contribution in [-0.4, -0.2) is 41.6 Å². The van der Waals surface area contributed by atoms with E-state index in [-0.39, 0.29) is 17.2 Å². The predicted molar refractivity (Wildman–Crippen MR) is 113 cm³/mol. The fourth-order valence-electron chi connectivity index (χ4n) is 2.65. The average molecular weight is 428 g/mol. The van der Waals surface area contributed by atoms with Crippen LogP contribution in [0.25, 0.3) is 16.7 Å². The molecule has 29 heavy (non-hydrogen) atoms. The third-order valence-corrected chi connectivity index (χ3v) is 5.89. The average Bonchev–Trinajstić information content (AvgIpc) is 3.29. The van der Waals surface area contributed by atoms with Gasteiger partial charge in [0, 0.05) is 0 Å². The third kappa shape index (κ3) is 4.05. The molecule has 9 nitrogen and oxygen atoms in total. The molecule has 2 N–H and O–H groups in total. The number of rotatable bonds is 5. The van der Waals surface area contributed by atoms with Crippen LogP contribution < -0.4 is 10.9 Å². The van der Waals surface area contributed by atoms with Crippen molar-refractivity contribution in [3.8, 4) is 5.69 Å². The molecule has 0 bridgehead atoms. The van der Waals surface area contributed by atoms with Crippen molar-refractivity contribution in [3.05, 3.63) is 50.9 Å². The van der Waals surface area contributed by atoms with Gasteiger partial charge in [-0.15, -0.1) is 10.2 Å². The van der Waals surface area contributed by atoms with Gasteiger partial charge in [-0.1, -0.05) is 29.2 Å². The smallest absolute Gasteiger partial charge is 0.262 e. The van der Waals surface area contributed by atoms with Gasteiger partial charge in [0.1, 0.15) is 10.4 Å². The van der Waals surface area contributed by atoms with E-state index in [4.69, 9.17) is 0 Å². The van der Waals surface area contributed by atoms with Crippen molar-refractivity contribution in [1.29, 1.82) is 0 Å². The van der Waals surface area contributed by atoms with Gasteiger partial charge < -0.3 is 4.98 Å². The summed E-state index contributed by atoms with van der Waals surface area (Å²) in [6.07, 6.45) is 1.50. The Labute approximate surface area is 173 Å². The van der Waals surface area contributed by atoms with Crippen LogP contribution in [0.5, 0.6) is 0 Å². The van der Waals surface area contributed by atoms with Crippen LogP contribution in [-0.2, 0) is 4.79 Å². The molecule has 0 aliphatic rings. The van der Waals surface area contributed by atoms with Gasteiger partial charge in [-0.05, 0) is 44.0 Å². The standard InChI is InChI=1S/C18H17N7O2S2/c1-9-4-5-12(6-10(9)2)25-15-13(7-19-25)16(27)22-17(21-15)28-8-14(26)20-18-24-23-11(3)29-18/h4-7H,8H2,1-3H3,(H,20,24,26)(H,21,22,27). The van der Waals surface area contributed by atoms with Gasteiger partial charge in [-0.25, -0.2) is 9.67 Å². The number of amides is 1. The second kappa shape index (κ2) is 7.76. The van der Waals surface area contributed by atoms with E-state index < -0.39 is 0 Å². The van der Waals surface area contributed by atoms with E-state index in [9.17, 15) is 9.59 Å². The molecular weight excluding hydrogens is 410 g/mol. The van der Waals surface area contributed by atoms with E-state index in [1.165, 1.54) is 23.1 Å². The first kappa shape index (κ1) is 19.3. The van der Waals surface area contributed by atoms with Gasteiger partial charge in [0.15, 0.2) is 10.8 Å². The van der Waals surface area contributed by atoms with Crippen molar-refractivity contribution < 1.29 is 4.79 Å². The highest BCUT2D eigenvalue weighted by atomic mass is 32.2. The van der Waals surface area contributed by atoms with E-state index in [2.05, 4.69) is 30.6 Å². The number of nitrogens with one attached hydrogen (secondary N) is 2. The molecule has 0 saturated heterocycles. The van der Waals surface area contributed by atoms with Crippen molar-refractivity contribution in [2.24, 2.45) is 0 Å². The van der Waals surface area contributed by atoms with E-state index in [1.807, 2.05) is 39.0 Å². The SMILES string of the molecule is Cc1nnc(NC(=O)CSc2nc3c(cnn3-c3ccc(C)c(C)c3)c(=O)[nH]2)s1. The number of benzene rings is 1. The van der Waals surface area contributed by atoms with Gasteiger partial charge in [0.2, 0.25) is 11.0 Å². The predicted octanol–water partition coefficient (Wildman–Crippen LogP) is 2.62. The molecule has 0 radical (unpaired) electrons. The molecule has 3 heterocycles. The molecular formula is C18H17N7O2S2. The summed E-state index contributed by atoms with van der Waals surface area (Å²) in [5.41, 5.74) is 3.26. The zero-order valence-corrected chi connectivity index (χ0v) is 17.5. The summed E-state index contributed by atoms with van der Waals surface area (Å²) in [5.74, 6) is -0.179. The minimum atomic E-state index is -0.298. The highest BCUT2D eigenvalue weighted by Gasteiger charge is 2.14. The van der Waals surface area contributed by atoms with Crippen molar-refractivity contribution in [2.45, 2.75) is 25.9 Å². The van der Waals surface area contributed by atoms with Crippen LogP contribution in [0.15, 0.2) is 34.3 Å². The fourth-order valence-corrected chi connectivity index (χ4v) is 3.91. The lowest BCUT2D eigenvalue weighted by Gasteiger charge is -2.07. The second-order valence-corrected chi connectivity index (χ2v) is 8.54. The quantitative estimate of drug-likeness (QED) is 0.371.